The van der Waals surface area contributed by atoms with Crippen molar-refractivity contribution in [1.29, 1.82) is 10.8 Å². The summed E-state index contributed by atoms with van der Waals surface area (Å²) in [5.74, 6) is 0.571. The molecule has 0 fully saturated rings. The second-order valence-electron chi connectivity index (χ2n) is 8.30. The van der Waals surface area contributed by atoms with E-state index in [1.165, 1.54) is 4.88 Å². The van der Waals surface area contributed by atoms with Crippen molar-refractivity contribution in [2.45, 2.75) is 40.0 Å². The molecule has 0 radical (unpaired) electrons. The summed E-state index contributed by atoms with van der Waals surface area (Å²) >= 11 is 4.77. The van der Waals surface area contributed by atoms with Crippen molar-refractivity contribution in [3.63, 3.8) is 0 Å². The smallest absolute Gasteiger partial charge is 0.252 e. The lowest BCUT2D eigenvalue weighted by Gasteiger charge is -2.13. The molecule has 3 amide bonds. The summed E-state index contributed by atoms with van der Waals surface area (Å²) < 4.78 is 0. The summed E-state index contributed by atoms with van der Waals surface area (Å²) in [6.07, 6.45) is 1.26. The molecule has 12 heteroatoms. The van der Waals surface area contributed by atoms with Gasteiger partial charge < -0.3 is 16.4 Å². The van der Waals surface area contributed by atoms with E-state index in [0.29, 0.717) is 25.1 Å². The Labute approximate surface area is 219 Å². The molecule has 3 aromatic rings. The number of nitrogens with one attached hydrogen (secondary N) is 4. The van der Waals surface area contributed by atoms with Crippen molar-refractivity contribution in [1.82, 2.24) is 10.6 Å². The van der Waals surface area contributed by atoms with Gasteiger partial charge in [-0.2, -0.15) is 4.99 Å². The molecule has 6 heterocycles. The maximum absolute atomic E-state index is 11.1. The van der Waals surface area contributed by atoms with E-state index in [1.54, 1.807) is 34.0 Å². The zero-order valence-corrected chi connectivity index (χ0v) is 22.3. The summed E-state index contributed by atoms with van der Waals surface area (Å²) in [5, 5.41) is 22.1. The van der Waals surface area contributed by atoms with E-state index in [-0.39, 0.29) is 29.4 Å². The van der Waals surface area contributed by atoms with E-state index in [1.807, 2.05) is 38.3 Å². The third kappa shape index (κ3) is 5.35. The molecule has 9 nitrogen and oxygen atoms in total. The summed E-state index contributed by atoms with van der Waals surface area (Å²) in [6, 6.07) is 3.84. The van der Waals surface area contributed by atoms with Gasteiger partial charge in [-0.3, -0.25) is 25.2 Å². The number of amides is 3. The summed E-state index contributed by atoms with van der Waals surface area (Å²) in [6.45, 7) is 6.01. The molecule has 186 valence electrons. The summed E-state index contributed by atoms with van der Waals surface area (Å²) in [7, 11) is 0. The van der Waals surface area contributed by atoms with E-state index in [2.05, 4.69) is 15.6 Å². The molecule has 0 atom stereocenters. The van der Waals surface area contributed by atoms with E-state index >= 15 is 0 Å². The fourth-order valence-electron chi connectivity index (χ4n) is 3.92. The number of nitrogens with zero attached hydrogens (tertiary/aromatic N) is 1. The molecule has 6 N–H and O–H groups in total. The van der Waals surface area contributed by atoms with Gasteiger partial charge in [0.05, 0.1) is 19.3 Å². The van der Waals surface area contributed by atoms with Crippen LogP contribution in [0, 0.1) is 31.6 Å². The number of rotatable bonds is 0. The second-order valence-corrected chi connectivity index (χ2v) is 12.0. The van der Waals surface area contributed by atoms with Gasteiger partial charge in [-0.05, 0) is 43.8 Å². The monoisotopic (exact) mass is 540 g/mol. The minimum atomic E-state index is -0.141. The second kappa shape index (κ2) is 10.2. The van der Waals surface area contributed by atoms with Crippen LogP contribution < -0.4 is 16.4 Å². The third-order valence-corrected chi connectivity index (χ3v) is 8.84. The molecule has 3 aliphatic rings. The van der Waals surface area contributed by atoms with E-state index in [9.17, 15) is 14.4 Å². The first kappa shape index (κ1) is 25.6. The highest BCUT2D eigenvalue weighted by atomic mass is 32.1. The van der Waals surface area contributed by atoms with Gasteiger partial charge in [-0.25, -0.2) is 0 Å². The molecule has 6 rings (SSSR count). The van der Waals surface area contributed by atoms with Crippen LogP contribution >= 0.6 is 34.0 Å². The fourth-order valence-corrected chi connectivity index (χ4v) is 7.02. The molecular weight excluding hydrogens is 517 g/mol. The topological polar surface area (TPSA) is 161 Å². The quantitative estimate of drug-likeness (QED) is 0.296. The average molecular weight is 541 g/mol. The Morgan fingerprint density at radius 1 is 0.889 bits per heavy atom. The van der Waals surface area contributed by atoms with Crippen molar-refractivity contribution in [2.24, 2.45) is 10.7 Å². The lowest BCUT2D eigenvalue weighted by molar-refractivity contribution is -0.120. The van der Waals surface area contributed by atoms with Gasteiger partial charge in [0.15, 0.2) is 0 Å². The van der Waals surface area contributed by atoms with Crippen LogP contribution in [0.3, 0.4) is 0 Å². The number of aliphatic imine (C=N–C) groups is 1. The highest BCUT2D eigenvalue weighted by molar-refractivity contribution is 7.13. The Morgan fingerprint density at radius 2 is 1.56 bits per heavy atom. The number of nitrogens with two attached hydrogens (primary N) is 1. The number of thiophene rings is 3. The first-order valence-electron chi connectivity index (χ1n) is 10.9. The zero-order valence-electron chi connectivity index (χ0n) is 19.8. The van der Waals surface area contributed by atoms with Crippen molar-refractivity contribution >= 4 is 69.2 Å². The van der Waals surface area contributed by atoms with Crippen LogP contribution in [-0.2, 0) is 33.6 Å². The van der Waals surface area contributed by atoms with Crippen LogP contribution in [-0.4, -0.2) is 35.2 Å². The molecule has 0 bridgehead atoms. The van der Waals surface area contributed by atoms with Gasteiger partial charge >= 0.3 is 0 Å². The first-order valence-corrected chi connectivity index (χ1v) is 13.4. The Bertz CT molecular complexity index is 1460. The summed E-state index contributed by atoms with van der Waals surface area (Å²) in [4.78, 5) is 42.1. The predicted octanol–water partition coefficient (Wildman–Crippen LogP) is 2.95. The Hall–Kier alpha value is -3.48. The van der Waals surface area contributed by atoms with Crippen molar-refractivity contribution in [3.8, 4) is 0 Å². The average Bonchev–Trinajstić information content (AvgIpc) is 3.46. The van der Waals surface area contributed by atoms with Gasteiger partial charge in [0.2, 0.25) is 11.8 Å². The van der Waals surface area contributed by atoms with Gasteiger partial charge in [0.25, 0.3) is 5.91 Å². The Morgan fingerprint density at radius 3 is 2.28 bits per heavy atom. The lowest BCUT2D eigenvalue weighted by Crippen LogP contribution is -2.36. The molecule has 0 saturated heterocycles. The van der Waals surface area contributed by atoms with Crippen LogP contribution in [0.4, 0.5) is 0 Å². The van der Waals surface area contributed by atoms with Crippen LogP contribution in [0.25, 0.3) is 0 Å². The largest absolute Gasteiger partial charge is 0.383 e. The molecule has 36 heavy (non-hydrogen) atoms. The van der Waals surface area contributed by atoms with Crippen LogP contribution in [0.1, 0.15) is 46.6 Å². The number of amidine groups is 3. The zero-order chi connectivity index (χ0) is 26.1. The van der Waals surface area contributed by atoms with Gasteiger partial charge in [-0.15, -0.1) is 34.0 Å². The lowest BCUT2D eigenvalue weighted by atomic mass is 10.0. The number of aryl methyl sites for hydroxylation is 2. The number of hydrogen-bond acceptors (Lipinski definition) is 9. The Kier molecular flexibility index (Phi) is 7.29. The van der Waals surface area contributed by atoms with Gasteiger partial charge in [-0.1, -0.05) is 0 Å². The number of carbonyl (C=O) groups is 3. The minimum absolute atomic E-state index is 0.0706. The number of carbonyl (C=O) groups excluding carboxylic acids is 3. The molecule has 0 saturated carbocycles. The number of fused-ring (bicyclic) bond motifs is 3. The third-order valence-electron chi connectivity index (χ3n) is 5.66. The minimum Gasteiger partial charge on any atom is -0.383 e. The molecule has 0 unspecified atom stereocenters. The van der Waals surface area contributed by atoms with Crippen molar-refractivity contribution < 1.29 is 14.4 Å². The molecule has 3 aromatic heterocycles. The van der Waals surface area contributed by atoms with Crippen molar-refractivity contribution in [2.75, 3.05) is 0 Å². The first-order chi connectivity index (χ1) is 17.0. The van der Waals surface area contributed by atoms with Crippen LogP contribution in [0.5, 0.6) is 0 Å². The maximum Gasteiger partial charge on any atom is 0.252 e. The SMILES string of the molecule is Cc1cc2c(s1)CC(=O)NC2=N.Cc1sc2c(c1C)C(=N)NC(=O)C2.NC1=NC(=O)Cc2sccc21. The molecule has 0 spiro atoms. The fraction of sp³-hybridized carbons (Fsp3) is 0.250. The molecule has 0 aliphatic carbocycles. The highest BCUT2D eigenvalue weighted by Gasteiger charge is 2.24. The highest BCUT2D eigenvalue weighted by Crippen LogP contribution is 2.29. The van der Waals surface area contributed by atoms with Crippen LogP contribution in [0.2, 0.25) is 0 Å². The number of hydrogen-bond donors (Lipinski definition) is 5. The van der Waals surface area contributed by atoms with E-state index < -0.39 is 0 Å². The maximum atomic E-state index is 11.1. The molecule has 3 aliphatic heterocycles. The van der Waals surface area contributed by atoms with Gasteiger partial charge in [0, 0.05) is 41.1 Å². The molecule has 0 aromatic carbocycles. The van der Waals surface area contributed by atoms with Gasteiger partial charge in [0.1, 0.15) is 17.5 Å². The molecular formula is C24H24N6O3S3. The van der Waals surface area contributed by atoms with E-state index in [4.69, 9.17) is 16.6 Å². The predicted molar refractivity (Wildman–Crippen MR) is 144 cm³/mol. The Balaban J connectivity index is 0.000000127. The van der Waals surface area contributed by atoms with E-state index in [0.717, 1.165) is 41.8 Å². The van der Waals surface area contributed by atoms with Crippen LogP contribution in [0.15, 0.2) is 22.5 Å². The van der Waals surface area contributed by atoms with Crippen molar-refractivity contribution in [3.05, 3.63) is 64.2 Å². The summed E-state index contributed by atoms with van der Waals surface area (Å²) in [5.41, 5.74) is 9.39. The normalized spacial score (nSPS) is 15.8. The standard InChI is InChI=1S/C9H10N2OS.C8H8N2OS.C7H6N2OS/c1-4-5(2)13-6-3-7(12)11-9(10)8(4)6;1-4-2-5-6(12-4)3-7(11)10-8(5)9;8-7-4-1-2-11-5(4)3-6(10)9-7/h3H2,1-2H3,(H2,10,11,12);2H,3H2,1H3,(H2,9,10,11);1-2H,3H2,(H2,8,9,10).